The number of carbonyl (C=O) groups is 2. The van der Waals surface area contributed by atoms with Crippen molar-refractivity contribution in [1.82, 2.24) is 9.80 Å². The molecule has 2 saturated heterocycles. The first kappa shape index (κ1) is 18.7. The summed E-state index contributed by atoms with van der Waals surface area (Å²) in [5.41, 5.74) is 2.13. The number of likely N-dealkylation sites (tertiary alicyclic amines) is 2. The van der Waals surface area contributed by atoms with Crippen LogP contribution in [0.4, 0.5) is 0 Å². The van der Waals surface area contributed by atoms with Crippen molar-refractivity contribution in [3.8, 4) is 0 Å². The van der Waals surface area contributed by atoms with E-state index >= 15 is 0 Å². The fraction of sp³-hybridized carbons (Fsp3) is 0.417. The quantitative estimate of drug-likeness (QED) is 0.682. The highest BCUT2D eigenvalue weighted by molar-refractivity contribution is 6.26. The van der Waals surface area contributed by atoms with Gasteiger partial charge in [0.2, 0.25) is 11.8 Å². The molecule has 2 aromatic carbocycles. The summed E-state index contributed by atoms with van der Waals surface area (Å²) in [6.07, 6.45) is 0. The van der Waals surface area contributed by atoms with E-state index in [9.17, 15) is 9.59 Å². The number of amides is 2. The van der Waals surface area contributed by atoms with Crippen LogP contribution in [0.25, 0.3) is 0 Å². The third kappa shape index (κ3) is 2.41. The Morgan fingerprint density at radius 1 is 0.633 bits per heavy atom. The Kier molecular flexibility index (Phi) is 4.20. The molecule has 2 heterocycles. The van der Waals surface area contributed by atoms with Gasteiger partial charge in [-0.05, 0) is 23.0 Å². The van der Waals surface area contributed by atoms with E-state index in [4.69, 9.17) is 23.2 Å². The molecule has 6 heteroatoms. The van der Waals surface area contributed by atoms with E-state index in [0.29, 0.717) is 13.1 Å². The molecule has 6 rings (SSSR count). The second-order valence-corrected chi connectivity index (χ2v) is 9.99. The zero-order chi connectivity index (χ0) is 20.6. The summed E-state index contributed by atoms with van der Waals surface area (Å²) in [4.78, 5) is 31.0. The Balaban J connectivity index is 1.39. The Bertz CT molecular complexity index is 1000. The van der Waals surface area contributed by atoms with Crippen molar-refractivity contribution in [2.45, 2.75) is 35.9 Å². The third-order valence-corrected chi connectivity index (χ3v) is 8.73. The largest absolute Gasteiger partial charge is 0.333 e. The predicted molar refractivity (Wildman–Crippen MR) is 115 cm³/mol. The van der Waals surface area contributed by atoms with Crippen LogP contribution in [0.1, 0.15) is 11.1 Å². The van der Waals surface area contributed by atoms with E-state index in [0.717, 1.165) is 11.1 Å². The number of fused-ring (bicyclic) bond motifs is 2. The number of rotatable bonds is 4. The van der Waals surface area contributed by atoms with Crippen LogP contribution in [0.2, 0.25) is 0 Å². The topological polar surface area (TPSA) is 40.6 Å². The Hall–Kier alpha value is -2.04. The van der Waals surface area contributed by atoms with Crippen molar-refractivity contribution in [2.24, 2.45) is 23.7 Å². The van der Waals surface area contributed by atoms with Crippen LogP contribution in [-0.4, -0.2) is 44.5 Å². The van der Waals surface area contributed by atoms with Crippen molar-refractivity contribution in [2.75, 3.05) is 0 Å². The monoisotopic (exact) mass is 440 g/mol. The summed E-state index contributed by atoms with van der Waals surface area (Å²) in [7, 11) is 0. The summed E-state index contributed by atoms with van der Waals surface area (Å²) < 4.78 is 0. The molecule has 4 fully saturated rings. The Morgan fingerprint density at radius 3 is 1.70 bits per heavy atom. The van der Waals surface area contributed by atoms with Gasteiger partial charge in [-0.1, -0.05) is 60.7 Å². The highest BCUT2D eigenvalue weighted by Crippen LogP contribution is 2.64. The number of hydrogen-bond donors (Lipinski definition) is 0. The third-order valence-electron chi connectivity index (χ3n) is 7.65. The Morgan fingerprint density at radius 2 is 1.13 bits per heavy atom. The molecule has 4 aliphatic rings. The van der Waals surface area contributed by atoms with Gasteiger partial charge in [-0.3, -0.25) is 9.59 Å². The SMILES string of the molecule is O=C1[C@@H]2C3C4[C@@H](C(=O)N(Cc5ccccc5)[C@@H]4[C@H]2Cl)[C@H]([C@H]3Cl)N1Cc1ccccc1. The summed E-state index contributed by atoms with van der Waals surface area (Å²) >= 11 is 13.9. The van der Waals surface area contributed by atoms with Gasteiger partial charge in [-0.15, -0.1) is 23.2 Å². The normalized spacial score (nSPS) is 38.6. The number of piperidine rings is 1. The van der Waals surface area contributed by atoms with Gasteiger partial charge in [0.25, 0.3) is 0 Å². The van der Waals surface area contributed by atoms with Crippen molar-refractivity contribution in [3.63, 3.8) is 0 Å². The lowest BCUT2D eigenvalue weighted by atomic mass is 9.87. The maximum absolute atomic E-state index is 13.6. The molecular weight excluding hydrogens is 419 g/mol. The molecule has 2 aliphatic carbocycles. The maximum atomic E-state index is 13.6. The van der Waals surface area contributed by atoms with Gasteiger partial charge in [-0.2, -0.15) is 0 Å². The van der Waals surface area contributed by atoms with Gasteiger partial charge in [0.15, 0.2) is 0 Å². The molecule has 0 N–H and O–H groups in total. The number of benzene rings is 2. The van der Waals surface area contributed by atoms with Gasteiger partial charge in [-0.25, -0.2) is 0 Å². The minimum absolute atomic E-state index is 0.0154. The van der Waals surface area contributed by atoms with Crippen LogP contribution in [0.5, 0.6) is 0 Å². The standard InChI is InChI=1S/C24H22Cl2N2O2/c25-19-15-16-18-22(19)28(12-14-9-5-2-6-10-14)23(29)17(15)20(26)21(16)27(24(18)30)11-13-7-3-1-4-8-13/h1-10,15-22H,11-12H2/t15?,16?,17-,18-,19+,20+,21+,22-/m1/s1. The van der Waals surface area contributed by atoms with Crippen molar-refractivity contribution >= 4 is 35.0 Å². The van der Waals surface area contributed by atoms with Crippen molar-refractivity contribution < 1.29 is 9.59 Å². The van der Waals surface area contributed by atoms with E-state index in [1.54, 1.807) is 0 Å². The molecule has 2 saturated carbocycles. The molecule has 2 bridgehead atoms. The minimum atomic E-state index is -0.397. The molecule has 4 nitrogen and oxygen atoms in total. The highest BCUT2D eigenvalue weighted by atomic mass is 35.5. The van der Waals surface area contributed by atoms with Gasteiger partial charge >= 0.3 is 0 Å². The molecule has 0 aromatic heterocycles. The summed E-state index contributed by atoms with van der Waals surface area (Å²) in [6.45, 7) is 1.01. The fourth-order valence-corrected chi connectivity index (χ4v) is 7.78. The zero-order valence-corrected chi connectivity index (χ0v) is 17.8. The summed E-state index contributed by atoms with van der Waals surface area (Å²) in [6, 6.07) is 19.5. The molecule has 154 valence electrons. The predicted octanol–water partition coefficient (Wildman–Crippen LogP) is 3.52. The highest BCUT2D eigenvalue weighted by Gasteiger charge is 2.75. The molecular formula is C24H22Cl2N2O2. The van der Waals surface area contributed by atoms with Crippen LogP contribution < -0.4 is 0 Å². The number of alkyl halides is 2. The maximum Gasteiger partial charge on any atom is 0.228 e. The molecule has 2 unspecified atom stereocenters. The Labute approximate surface area is 185 Å². The molecule has 2 amide bonds. The van der Waals surface area contributed by atoms with Crippen LogP contribution in [0.3, 0.4) is 0 Å². The van der Waals surface area contributed by atoms with Gasteiger partial charge < -0.3 is 9.80 Å². The lowest BCUT2D eigenvalue weighted by molar-refractivity contribution is -0.143. The first-order valence-corrected chi connectivity index (χ1v) is 11.4. The number of nitrogens with zero attached hydrogens (tertiary/aromatic N) is 2. The fourth-order valence-electron chi connectivity index (χ4n) is 6.58. The molecule has 30 heavy (non-hydrogen) atoms. The average molecular weight is 441 g/mol. The molecule has 0 radical (unpaired) electrons. The van der Waals surface area contributed by atoms with Crippen molar-refractivity contribution in [3.05, 3.63) is 71.8 Å². The van der Waals surface area contributed by atoms with Gasteiger partial charge in [0, 0.05) is 13.1 Å². The second-order valence-electron chi connectivity index (χ2n) is 8.98. The lowest BCUT2D eigenvalue weighted by Crippen LogP contribution is -2.56. The first-order chi connectivity index (χ1) is 14.6. The minimum Gasteiger partial charge on any atom is -0.333 e. The molecule has 2 aliphatic heterocycles. The summed E-state index contributed by atoms with van der Waals surface area (Å²) in [5, 5.41) is -0.619. The lowest BCUT2D eigenvalue weighted by Gasteiger charge is -2.41. The number of carbonyl (C=O) groups excluding carboxylic acids is 2. The second kappa shape index (κ2) is 6.73. The van der Waals surface area contributed by atoms with Crippen LogP contribution in [0.15, 0.2) is 60.7 Å². The molecule has 2 aromatic rings. The molecule has 0 spiro atoms. The van der Waals surface area contributed by atoms with E-state index in [2.05, 4.69) is 0 Å². The first-order valence-electron chi connectivity index (χ1n) is 10.5. The zero-order valence-electron chi connectivity index (χ0n) is 16.3. The number of halogens is 2. The average Bonchev–Trinajstić information content (AvgIpc) is 3.29. The van der Waals surface area contributed by atoms with E-state index in [1.165, 1.54) is 0 Å². The smallest absolute Gasteiger partial charge is 0.228 e. The van der Waals surface area contributed by atoms with Crippen molar-refractivity contribution in [1.29, 1.82) is 0 Å². The number of hydrogen-bond acceptors (Lipinski definition) is 2. The van der Waals surface area contributed by atoms with Gasteiger partial charge in [0.1, 0.15) is 0 Å². The van der Waals surface area contributed by atoms with E-state index in [-0.39, 0.29) is 52.9 Å². The van der Waals surface area contributed by atoms with E-state index < -0.39 is 5.38 Å². The van der Waals surface area contributed by atoms with Crippen LogP contribution >= 0.6 is 23.2 Å². The van der Waals surface area contributed by atoms with Crippen LogP contribution in [0, 0.1) is 23.7 Å². The summed E-state index contributed by atoms with van der Waals surface area (Å²) in [5.74, 6) is -0.364. The van der Waals surface area contributed by atoms with Crippen LogP contribution in [-0.2, 0) is 22.7 Å². The van der Waals surface area contributed by atoms with E-state index in [1.807, 2.05) is 70.5 Å². The molecule has 8 atom stereocenters. The van der Waals surface area contributed by atoms with Gasteiger partial charge in [0.05, 0.1) is 34.7 Å².